The summed E-state index contributed by atoms with van der Waals surface area (Å²) in [6.07, 6.45) is 7.78. The van der Waals surface area contributed by atoms with E-state index in [-0.39, 0.29) is 0 Å². The summed E-state index contributed by atoms with van der Waals surface area (Å²) in [5.74, 6) is 2.96. The highest BCUT2D eigenvalue weighted by atomic mass is 127. The van der Waals surface area contributed by atoms with Gasteiger partial charge in [0.25, 0.3) is 0 Å². The summed E-state index contributed by atoms with van der Waals surface area (Å²) < 4.78 is 1.36. The smallest absolute Gasteiger partial charge is 0.00295 e. The average Bonchev–Trinajstić information content (AvgIpc) is 2.45. The van der Waals surface area contributed by atoms with E-state index in [4.69, 9.17) is 0 Å². The Morgan fingerprint density at radius 3 is 2.56 bits per heavy atom. The zero-order valence-corrected chi connectivity index (χ0v) is 7.54. The molecule has 1 heteroatoms. The molecule has 1 fully saturated rings. The molecule has 0 aromatic rings. The molecule has 0 amide bonds. The maximum Gasteiger partial charge on any atom is 0.00295 e. The van der Waals surface area contributed by atoms with Gasteiger partial charge in [-0.3, -0.25) is 0 Å². The van der Waals surface area contributed by atoms with Crippen molar-refractivity contribution in [1.29, 1.82) is 0 Å². The monoisotopic (exact) mass is 234 g/mol. The van der Waals surface area contributed by atoms with Crippen molar-refractivity contribution in [1.82, 2.24) is 0 Å². The Labute approximate surface area is 69.9 Å². The van der Waals surface area contributed by atoms with Gasteiger partial charge >= 0.3 is 0 Å². The summed E-state index contributed by atoms with van der Waals surface area (Å²) in [6, 6.07) is 0. The first-order valence-corrected chi connectivity index (χ1v) is 5.17. The second-order valence-corrected chi connectivity index (χ2v) is 4.08. The molecule has 0 aromatic carbocycles. The minimum atomic E-state index is 0.965. The number of halogens is 1. The van der Waals surface area contributed by atoms with Crippen LogP contribution in [0.2, 0.25) is 0 Å². The Morgan fingerprint density at radius 2 is 2.22 bits per heavy atom. The molecule has 2 bridgehead atoms. The Kier molecular flexibility index (Phi) is 1.55. The molecule has 0 nitrogen and oxygen atoms in total. The van der Waals surface area contributed by atoms with Crippen LogP contribution in [0.3, 0.4) is 0 Å². The van der Waals surface area contributed by atoms with E-state index >= 15 is 0 Å². The van der Waals surface area contributed by atoms with Crippen molar-refractivity contribution in [3.8, 4) is 0 Å². The SMILES string of the molecule is IC[C@H]1C[C@H]2C=C[C@H]1C2. The number of alkyl halides is 1. The summed E-state index contributed by atoms with van der Waals surface area (Å²) >= 11 is 2.51. The Balaban J connectivity index is 2.10. The topological polar surface area (TPSA) is 0 Å². The fraction of sp³-hybridized carbons (Fsp3) is 0.750. The minimum absolute atomic E-state index is 0.965. The first-order valence-electron chi connectivity index (χ1n) is 3.64. The van der Waals surface area contributed by atoms with E-state index in [1.54, 1.807) is 0 Å². The summed E-state index contributed by atoms with van der Waals surface area (Å²) in [5.41, 5.74) is 0. The van der Waals surface area contributed by atoms with Gasteiger partial charge in [0.1, 0.15) is 0 Å². The van der Waals surface area contributed by atoms with E-state index in [9.17, 15) is 0 Å². The minimum Gasteiger partial charge on any atom is -0.0861 e. The lowest BCUT2D eigenvalue weighted by molar-refractivity contribution is 0.509. The summed E-state index contributed by atoms with van der Waals surface area (Å²) in [6.45, 7) is 0. The van der Waals surface area contributed by atoms with Crippen molar-refractivity contribution in [3.05, 3.63) is 12.2 Å². The van der Waals surface area contributed by atoms with Gasteiger partial charge in [0, 0.05) is 4.43 Å². The van der Waals surface area contributed by atoms with E-state index in [1.807, 2.05) is 0 Å². The van der Waals surface area contributed by atoms with E-state index in [0.29, 0.717) is 0 Å². The molecule has 0 radical (unpaired) electrons. The van der Waals surface area contributed by atoms with Crippen LogP contribution < -0.4 is 0 Å². The van der Waals surface area contributed by atoms with Gasteiger partial charge in [-0.15, -0.1) is 0 Å². The molecule has 0 saturated heterocycles. The van der Waals surface area contributed by atoms with Crippen molar-refractivity contribution in [2.45, 2.75) is 12.8 Å². The molecule has 1 saturated carbocycles. The molecule has 3 atom stereocenters. The second-order valence-electron chi connectivity index (χ2n) is 3.19. The molecule has 9 heavy (non-hydrogen) atoms. The zero-order chi connectivity index (χ0) is 6.27. The van der Waals surface area contributed by atoms with Gasteiger partial charge in [-0.05, 0) is 30.6 Å². The largest absolute Gasteiger partial charge is 0.0861 e. The van der Waals surface area contributed by atoms with Crippen LogP contribution in [0.1, 0.15) is 12.8 Å². The van der Waals surface area contributed by atoms with Gasteiger partial charge < -0.3 is 0 Å². The van der Waals surface area contributed by atoms with Gasteiger partial charge in [-0.1, -0.05) is 34.7 Å². The van der Waals surface area contributed by atoms with Crippen molar-refractivity contribution in [3.63, 3.8) is 0 Å². The third kappa shape index (κ3) is 0.935. The molecular formula is C8H11I. The number of allylic oxidation sites excluding steroid dienone is 2. The standard InChI is InChI=1S/C8H11I/c9-5-8-4-6-1-2-7(8)3-6/h1-2,6-8H,3-5H2/t6-,7-,8+/m0/s1. The van der Waals surface area contributed by atoms with Crippen molar-refractivity contribution in [2.75, 3.05) is 4.43 Å². The van der Waals surface area contributed by atoms with Crippen LogP contribution in [0.25, 0.3) is 0 Å². The van der Waals surface area contributed by atoms with E-state index in [1.165, 1.54) is 17.3 Å². The fourth-order valence-corrected chi connectivity index (χ4v) is 3.08. The molecular weight excluding hydrogens is 223 g/mol. The van der Waals surface area contributed by atoms with Crippen LogP contribution in [0.4, 0.5) is 0 Å². The van der Waals surface area contributed by atoms with Gasteiger partial charge in [-0.25, -0.2) is 0 Å². The molecule has 0 spiro atoms. The second kappa shape index (κ2) is 2.26. The summed E-state index contributed by atoms with van der Waals surface area (Å²) in [5, 5.41) is 0. The van der Waals surface area contributed by atoms with E-state index < -0.39 is 0 Å². The van der Waals surface area contributed by atoms with Gasteiger partial charge in [-0.2, -0.15) is 0 Å². The predicted molar refractivity (Wildman–Crippen MR) is 47.7 cm³/mol. The number of hydrogen-bond donors (Lipinski definition) is 0. The first kappa shape index (κ1) is 6.20. The highest BCUT2D eigenvalue weighted by Crippen LogP contribution is 2.43. The first-order chi connectivity index (χ1) is 4.40. The third-order valence-corrected chi connectivity index (χ3v) is 3.75. The van der Waals surface area contributed by atoms with Crippen LogP contribution in [-0.2, 0) is 0 Å². The molecule has 2 rings (SSSR count). The van der Waals surface area contributed by atoms with E-state index in [2.05, 4.69) is 34.7 Å². The maximum absolute atomic E-state index is 2.51. The molecule has 0 N–H and O–H groups in total. The van der Waals surface area contributed by atoms with Crippen LogP contribution in [0.5, 0.6) is 0 Å². The third-order valence-electron chi connectivity index (χ3n) is 2.61. The highest BCUT2D eigenvalue weighted by Gasteiger charge is 2.34. The molecule has 0 aromatic heterocycles. The maximum atomic E-state index is 2.51. The summed E-state index contributed by atoms with van der Waals surface area (Å²) in [4.78, 5) is 0. The molecule has 2 aliphatic carbocycles. The highest BCUT2D eigenvalue weighted by molar-refractivity contribution is 14.1. The molecule has 0 heterocycles. The summed E-state index contributed by atoms with van der Waals surface area (Å²) in [7, 11) is 0. The predicted octanol–water partition coefficient (Wildman–Crippen LogP) is 2.63. The van der Waals surface area contributed by atoms with Crippen LogP contribution in [0, 0.1) is 17.8 Å². The fourth-order valence-electron chi connectivity index (χ4n) is 2.07. The van der Waals surface area contributed by atoms with Gasteiger partial charge in [0.05, 0.1) is 0 Å². The van der Waals surface area contributed by atoms with E-state index in [0.717, 1.165) is 17.8 Å². The lowest BCUT2D eigenvalue weighted by Crippen LogP contribution is -2.07. The van der Waals surface area contributed by atoms with Crippen LogP contribution >= 0.6 is 22.6 Å². The number of rotatable bonds is 1. The van der Waals surface area contributed by atoms with Gasteiger partial charge in [0.2, 0.25) is 0 Å². The van der Waals surface area contributed by atoms with Crippen LogP contribution in [-0.4, -0.2) is 4.43 Å². The molecule has 0 aliphatic heterocycles. The Morgan fingerprint density at radius 1 is 1.33 bits per heavy atom. The molecule has 0 unspecified atom stereocenters. The molecule has 50 valence electrons. The van der Waals surface area contributed by atoms with Crippen molar-refractivity contribution in [2.24, 2.45) is 17.8 Å². The Bertz CT molecular complexity index is 140. The number of hydrogen-bond acceptors (Lipinski definition) is 0. The lowest BCUT2D eigenvalue weighted by atomic mass is 9.96. The lowest BCUT2D eigenvalue weighted by Gasteiger charge is -2.13. The van der Waals surface area contributed by atoms with Gasteiger partial charge in [0.15, 0.2) is 0 Å². The van der Waals surface area contributed by atoms with Crippen molar-refractivity contribution >= 4 is 22.6 Å². The average molecular weight is 234 g/mol. The Hall–Kier alpha value is 0.470. The zero-order valence-electron chi connectivity index (χ0n) is 5.39. The van der Waals surface area contributed by atoms with Crippen molar-refractivity contribution < 1.29 is 0 Å². The normalized spacial score (nSPS) is 46.6. The van der Waals surface area contributed by atoms with Crippen LogP contribution in [0.15, 0.2) is 12.2 Å². The quantitative estimate of drug-likeness (QED) is 0.371. The molecule has 2 aliphatic rings. The number of fused-ring (bicyclic) bond motifs is 2.